The Bertz CT molecular complexity index is 2580. The van der Waals surface area contributed by atoms with Gasteiger partial charge in [0.2, 0.25) is 0 Å². The van der Waals surface area contributed by atoms with Crippen LogP contribution in [0.1, 0.15) is 329 Å². The Morgan fingerprint density at radius 1 is 0.271 bits per heavy atom. The van der Waals surface area contributed by atoms with Crippen LogP contribution in [0.2, 0.25) is 0 Å². The molecule has 5 atom stereocenters. The van der Waals surface area contributed by atoms with E-state index in [1.165, 1.54) is 96.3 Å². The topological polar surface area (TPSA) is 231 Å². The molecule has 0 amide bonds. The van der Waals surface area contributed by atoms with E-state index in [1.54, 1.807) is 0 Å². The Morgan fingerprint density at radius 2 is 0.495 bits per heavy atom. The van der Waals surface area contributed by atoms with E-state index < -0.39 is 91.5 Å². The van der Waals surface area contributed by atoms with Crippen LogP contribution in [0.25, 0.3) is 0 Å². The molecule has 5 unspecified atom stereocenters. The van der Waals surface area contributed by atoms with Crippen LogP contribution >= 0.6 is 15.6 Å². The summed E-state index contributed by atoms with van der Waals surface area (Å²) in [7, 11) is -9.81. The average molecular weight is 1540 g/mol. The molecule has 16 nitrogen and oxygen atoms in total. The summed E-state index contributed by atoms with van der Waals surface area (Å²) in [5, 5.41) is 20.7. The minimum Gasteiger partial charge on any atom is -0.463 e. The zero-order valence-electron chi connectivity index (χ0n) is 67.0. The van der Waals surface area contributed by atoms with Crippen LogP contribution in [-0.2, 0) is 55.8 Å². The lowest BCUT2D eigenvalue weighted by Crippen LogP contribution is -2.30. The van der Waals surface area contributed by atoms with Crippen LogP contribution in [0.15, 0.2) is 158 Å². The number of rotatable bonds is 78. The fourth-order valence-corrected chi connectivity index (χ4v) is 12.5. The molecule has 0 heterocycles. The monoisotopic (exact) mass is 1540 g/mol. The molecule has 0 aliphatic heterocycles. The Balaban J connectivity index is 4.65. The lowest BCUT2D eigenvalue weighted by Gasteiger charge is -2.21. The van der Waals surface area contributed by atoms with Gasteiger partial charge in [-0.1, -0.05) is 320 Å². The number of unbranched alkanes of at least 4 members (excludes halogenated alkanes) is 29. The van der Waals surface area contributed by atoms with E-state index in [0.717, 1.165) is 173 Å². The van der Waals surface area contributed by atoms with Gasteiger partial charge < -0.3 is 34.2 Å². The number of carbonyl (C=O) groups is 3. The summed E-state index contributed by atoms with van der Waals surface area (Å²) < 4.78 is 61.3. The smallest absolute Gasteiger partial charge is 0.463 e. The van der Waals surface area contributed by atoms with Crippen molar-refractivity contribution in [1.29, 1.82) is 0 Å². The lowest BCUT2D eigenvalue weighted by molar-refractivity contribution is -0.161. The van der Waals surface area contributed by atoms with Crippen molar-refractivity contribution in [3.63, 3.8) is 0 Å². The molecule has 0 saturated heterocycles. The van der Waals surface area contributed by atoms with Crippen LogP contribution in [0.5, 0.6) is 0 Å². The van der Waals surface area contributed by atoms with Crippen molar-refractivity contribution in [2.45, 2.75) is 347 Å². The van der Waals surface area contributed by atoms with Gasteiger partial charge in [0.25, 0.3) is 0 Å². The van der Waals surface area contributed by atoms with Crippen molar-refractivity contribution < 1.29 is 75.8 Å². The van der Waals surface area contributed by atoms with Crippen molar-refractivity contribution in [2.24, 2.45) is 0 Å². The van der Waals surface area contributed by atoms with Gasteiger partial charge in [-0.05, 0) is 148 Å². The first-order valence-corrected chi connectivity index (χ1v) is 44.8. The van der Waals surface area contributed by atoms with Gasteiger partial charge >= 0.3 is 33.6 Å². The number of ether oxygens (including phenoxy) is 3. The molecule has 0 fully saturated rings. The molecular formula is C89H150O16P2. The van der Waals surface area contributed by atoms with E-state index in [0.29, 0.717) is 19.3 Å². The summed E-state index contributed by atoms with van der Waals surface area (Å²) in [6.07, 6.45) is 101. The van der Waals surface area contributed by atoms with E-state index in [4.69, 9.17) is 32.3 Å². The first-order chi connectivity index (χ1) is 52.2. The van der Waals surface area contributed by atoms with Gasteiger partial charge in [-0.3, -0.25) is 32.5 Å². The van der Waals surface area contributed by atoms with Gasteiger partial charge in [0.15, 0.2) is 6.10 Å². The number of aliphatic hydroxyl groups excluding tert-OH is 2. The van der Waals surface area contributed by atoms with Crippen molar-refractivity contribution in [3.8, 4) is 0 Å². The number of phosphoric ester groups is 2. The quantitative estimate of drug-likeness (QED) is 0.0146. The predicted octanol–water partition coefficient (Wildman–Crippen LogP) is 25.0. The molecule has 0 aromatic rings. The molecule has 107 heavy (non-hydrogen) atoms. The van der Waals surface area contributed by atoms with Crippen molar-refractivity contribution in [3.05, 3.63) is 158 Å². The molecule has 0 aromatic heterocycles. The minimum absolute atomic E-state index is 0.0826. The molecule has 0 radical (unpaired) electrons. The lowest BCUT2D eigenvalue weighted by atomic mass is 10.0. The number of hydrogen-bond acceptors (Lipinski definition) is 14. The summed E-state index contributed by atoms with van der Waals surface area (Å²) in [6, 6.07) is 0. The normalized spacial score (nSPS) is 14.7. The van der Waals surface area contributed by atoms with Gasteiger partial charge in [-0.25, -0.2) is 9.13 Å². The number of allylic oxidation sites excluding steroid dienone is 26. The SMILES string of the molecule is CC/C=C\C/C=C\C/C=C\C/C=C\C/C=C\CCCCCCCCCCCCCC(=O)OCC(O)COP(=O)(O)OCC(O)COP(=O)(O)OCC(COC(=O)CCCCCCCCCCC/C=C\C/C=C\C/C=C\C/C=C\CCCCC)OC(=O)CCCCCCCC/C=C\C/C=C\C/C=C\C/C=C\CC. The first kappa shape index (κ1) is 102. The van der Waals surface area contributed by atoms with Crippen molar-refractivity contribution >= 4 is 33.6 Å². The molecule has 0 bridgehead atoms. The molecule has 0 rings (SSSR count). The zero-order chi connectivity index (χ0) is 78.0. The minimum atomic E-state index is -4.95. The average Bonchev–Trinajstić information content (AvgIpc) is 0.903. The summed E-state index contributed by atoms with van der Waals surface area (Å²) in [5.74, 6) is -1.60. The Labute approximate surface area is 650 Å². The highest BCUT2D eigenvalue weighted by atomic mass is 31.2. The standard InChI is InChI=1S/C89H150O16P2/c1-4-7-10-13-16-19-22-25-28-31-34-36-38-40-41-43-45-46-49-51-54-57-60-63-66-69-72-75-87(92)99-78-84(90)79-101-106(95,96)102-80-85(91)81-103-107(97,98)104-83-86(105-89(94)77-74-71-68-65-62-59-56-53-48-33-30-27-24-21-18-15-12-9-6-3)82-100-88(93)76-73-70-67-64-61-58-55-52-50-47-44-42-39-37-35-32-29-26-23-20-17-14-11-8-5-2/h7,9-10,12,16-21,25-30,34-37,40-42,44,48,53,84-86,90-91H,4-6,8,11,13-15,22-24,31-33,38-39,43,45-47,49-52,54-83H2,1-3H3,(H,95,96)(H,97,98)/b10-7-,12-9-,19-16-,20-17-,21-18-,28-25-,29-26-,30-27-,36-34-,37-35-,41-40-,44-42-,53-48-. The maximum absolute atomic E-state index is 13.0. The summed E-state index contributed by atoms with van der Waals surface area (Å²) in [6.45, 7) is 2.42. The van der Waals surface area contributed by atoms with E-state index in [-0.39, 0.29) is 19.3 Å². The van der Waals surface area contributed by atoms with E-state index >= 15 is 0 Å². The van der Waals surface area contributed by atoms with E-state index in [2.05, 4.69) is 179 Å². The number of esters is 3. The summed E-state index contributed by atoms with van der Waals surface area (Å²) in [4.78, 5) is 58.8. The second-order valence-electron chi connectivity index (χ2n) is 27.5. The highest BCUT2D eigenvalue weighted by Gasteiger charge is 2.29. The zero-order valence-corrected chi connectivity index (χ0v) is 68.8. The van der Waals surface area contributed by atoms with Gasteiger partial charge in [0.05, 0.1) is 26.4 Å². The third-order valence-electron chi connectivity index (χ3n) is 17.2. The number of carbonyl (C=O) groups excluding carboxylic acids is 3. The maximum atomic E-state index is 13.0. The molecule has 0 spiro atoms. The number of aliphatic hydroxyl groups is 2. The summed E-state index contributed by atoms with van der Waals surface area (Å²) in [5.41, 5.74) is 0. The van der Waals surface area contributed by atoms with Gasteiger partial charge in [0.1, 0.15) is 25.4 Å². The number of phosphoric acid groups is 2. The third kappa shape index (κ3) is 82.0. The van der Waals surface area contributed by atoms with E-state index in [9.17, 15) is 43.5 Å². The predicted molar refractivity (Wildman–Crippen MR) is 445 cm³/mol. The molecule has 0 aliphatic carbocycles. The fraction of sp³-hybridized carbons (Fsp3) is 0.674. The molecule has 0 aromatic carbocycles. The van der Waals surface area contributed by atoms with Gasteiger partial charge in [-0.15, -0.1) is 0 Å². The maximum Gasteiger partial charge on any atom is 0.472 e. The molecular weight excluding hydrogens is 1390 g/mol. The van der Waals surface area contributed by atoms with Crippen LogP contribution in [0.4, 0.5) is 0 Å². The molecule has 4 N–H and O–H groups in total. The second-order valence-corrected chi connectivity index (χ2v) is 30.4. The van der Waals surface area contributed by atoms with Crippen LogP contribution in [0, 0.1) is 0 Å². The van der Waals surface area contributed by atoms with Gasteiger partial charge in [0, 0.05) is 19.3 Å². The number of hydrogen-bond donors (Lipinski definition) is 4. The largest absolute Gasteiger partial charge is 0.472 e. The summed E-state index contributed by atoms with van der Waals surface area (Å²) >= 11 is 0. The third-order valence-corrected chi connectivity index (χ3v) is 19.1. The van der Waals surface area contributed by atoms with Crippen molar-refractivity contribution in [1.82, 2.24) is 0 Å². The van der Waals surface area contributed by atoms with E-state index in [1.807, 2.05) is 0 Å². The van der Waals surface area contributed by atoms with Gasteiger partial charge in [-0.2, -0.15) is 0 Å². The molecule has 18 heteroatoms. The Kier molecular flexibility index (Phi) is 77.0. The van der Waals surface area contributed by atoms with Crippen LogP contribution in [0.3, 0.4) is 0 Å². The van der Waals surface area contributed by atoms with Crippen LogP contribution in [-0.4, -0.2) is 95.9 Å². The molecule has 0 saturated carbocycles. The second kappa shape index (κ2) is 80.7. The highest BCUT2D eigenvalue weighted by molar-refractivity contribution is 7.47. The fourth-order valence-electron chi connectivity index (χ4n) is 10.9. The van der Waals surface area contributed by atoms with Crippen molar-refractivity contribution in [2.75, 3.05) is 39.6 Å². The molecule has 0 aliphatic rings. The highest BCUT2D eigenvalue weighted by Crippen LogP contribution is 2.45. The van der Waals surface area contributed by atoms with Crippen LogP contribution < -0.4 is 0 Å². The first-order valence-electron chi connectivity index (χ1n) is 41.8. The molecule has 612 valence electrons. The Morgan fingerprint density at radius 3 is 0.785 bits per heavy atom. The Hall–Kier alpha value is -4.83.